The third-order valence-corrected chi connectivity index (χ3v) is 8.83. The normalized spacial score (nSPS) is 22.2. The molecule has 0 amide bonds. The molecule has 2 aromatic rings. The predicted octanol–water partition coefficient (Wildman–Crippen LogP) is 3.27. The summed E-state index contributed by atoms with van der Waals surface area (Å²) in [6.45, 7) is 5.46. The maximum Gasteiger partial charge on any atom is 0.252 e. The summed E-state index contributed by atoms with van der Waals surface area (Å²) >= 11 is 1.29. The van der Waals surface area contributed by atoms with Crippen molar-refractivity contribution in [2.45, 2.75) is 42.5 Å². The predicted molar refractivity (Wildman–Crippen MR) is 109 cm³/mol. The smallest absolute Gasteiger partial charge is 0.252 e. The van der Waals surface area contributed by atoms with Crippen LogP contribution in [0.25, 0.3) is 0 Å². The molecule has 1 aliphatic heterocycles. The van der Waals surface area contributed by atoms with E-state index in [2.05, 4.69) is 4.90 Å². The van der Waals surface area contributed by atoms with Gasteiger partial charge in [0.15, 0.2) is 0 Å². The van der Waals surface area contributed by atoms with E-state index in [1.54, 1.807) is 30.3 Å². The molecule has 146 valence electrons. The van der Waals surface area contributed by atoms with Crippen LogP contribution >= 0.6 is 11.3 Å². The minimum Gasteiger partial charge on any atom is -0.386 e. The Hall–Kier alpha value is -1.41. The molecule has 4 rings (SSSR count). The minimum absolute atomic E-state index is 0.0276. The molecule has 1 atom stereocenters. The van der Waals surface area contributed by atoms with Crippen LogP contribution in [0.15, 0.2) is 46.0 Å². The molecular formula is C20H26N2O3S2. The molecule has 1 aliphatic carbocycles. The summed E-state index contributed by atoms with van der Waals surface area (Å²) in [5.41, 5.74) is 1.11. The first-order valence-electron chi connectivity index (χ1n) is 9.40. The Bertz CT molecular complexity index is 882. The van der Waals surface area contributed by atoms with Crippen LogP contribution in [0.1, 0.15) is 32.3 Å². The summed E-state index contributed by atoms with van der Waals surface area (Å²) in [7, 11) is -3.41. The molecule has 2 aliphatic rings. The molecule has 1 N–H and O–H groups in total. The molecule has 2 heterocycles. The Morgan fingerprint density at radius 1 is 1.11 bits per heavy atom. The number of sulfonamides is 1. The minimum atomic E-state index is -3.41. The standard InChI is InChI=1S/C20H26N2O3S2/c1-20(2,23)16-7-9-17(10-8-16)21-11-12-22(18(14-21)15-5-6-15)27(24,25)19-4-3-13-26-19/h3-4,7-10,13,15,18,23H,5-6,11-12,14H2,1-2H3/t18-/m0/s1. The molecule has 1 aromatic carbocycles. The monoisotopic (exact) mass is 406 g/mol. The summed E-state index contributed by atoms with van der Waals surface area (Å²) in [4.78, 5) is 2.28. The van der Waals surface area contributed by atoms with Crippen molar-refractivity contribution < 1.29 is 13.5 Å². The van der Waals surface area contributed by atoms with Crippen molar-refractivity contribution in [3.63, 3.8) is 0 Å². The fraction of sp³-hybridized carbons (Fsp3) is 0.500. The van der Waals surface area contributed by atoms with Crippen molar-refractivity contribution in [2.75, 3.05) is 24.5 Å². The average molecular weight is 407 g/mol. The molecule has 7 heteroatoms. The average Bonchev–Trinajstić information content (AvgIpc) is 3.33. The van der Waals surface area contributed by atoms with Crippen LogP contribution in [0.4, 0.5) is 5.69 Å². The van der Waals surface area contributed by atoms with Crippen LogP contribution in [0.3, 0.4) is 0 Å². The van der Waals surface area contributed by atoms with Gasteiger partial charge in [-0.05, 0) is 61.7 Å². The Morgan fingerprint density at radius 2 is 1.81 bits per heavy atom. The van der Waals surface area contributed by atoms with Crippen molar-refractivity contribution in [3.05, 3.63) is 47.3 Å². The number of piperazine rings is 1. The van der Waals surface area contributed by atoms with Crippen LogP contribution in [0.5, 0.6) is 0 Å². The van der Waals surface area contributed by atoms with Crippen molar-refractivity contribution in [1.82, 2.24) is 4.31 Å². The van der Waals surface area contributed by atoms with Gasteiger partial charge < -0.3 is 10.0 Å². The number of thiophene rings is 1. The van der Waals surface area contributed by atoms with E-state index in [4.69, 9.17) is 0 Å². The number of hydrogen-bond acceptors (Lipinski definition) is 5. The van der Waals surface area contributed by atoms with Crippen molar-refractivity contribution >= 4 is 27.0 Å². The maximum absolute atomic E-state index is 13.1. The van der Waals surface area contributed by atoms with Crippen molar-refractivity contribution in [3.8, 4) is 0 Å². The zero-order valence-electron chi connectivity index (χ0n) is 15.7. The number of rotatable bonds is 5. The molecule has 1 aromatic heterocycles. The summed E-state index contributed by atoms with van der Waals surface area (Å²) in [6, 6.07) is 11.5. The van der Waals surface area contributed by atoms with Gasteiger partial charge >= 0.3 is 0 Å². The van der Waals surface area contributed by atoms with Gasteiger partial charge in [-0.2, -0.15) is 4.31 Å². The number of hydrogen-bond donors (Lipinski definition) is 1. The van der Waals surface area contributed by atoms with Gasteiger partial charge in [0.25, 0.3) is 10.0 Å². The Labute approximate surface area is 165 Å². The van der Waals surface area contributed by atoms with Gasteiger partial charge in [-0.15, -0.1) is 11.3 Å². The lowest BCUT2D eigenvalue weighted by atomic mass is 9.98. The largest absolute Gasteiger partial charge is 0.386 e. The van der Waals surface area contributed by atoms with E-state index >= 15 is 0 Å². The van der Waals surface area contributed by atoms with E-state index in [-0.39, 0.29) is 6.04 Å². The van der Waals surface area contributed by atoms with E-state index in [9.17, 15) is 13.5 Å². The molecule has 1 saturated heterocycles. The Kier molecular flexibility index (Phi) is 4.83. The lowest BCUT2D eigenvalue weighted by Gasteiger charge is -2.41. The van der Waals surface area contributed by atoms with Crippen LogP contribution in [0, 0.1) is 5.92 Å². The summed E-state index contributed by atoms with van der Waals surface area (Å²) in [5.74, 6) is 0.457. The molecule has 2 fully saturated rings. The molecule has 0 bridgehead atoms. The van der Waals surface area contributed by atoms with Gasteiger partial charge in [-0.3, -0.25) is 0 Å². The summed E-state index contributed by atoms with van der Waals surface area (Å²) in [6.07, 6.45) is 2.21. The van der Waals surface area contributed by atoms with Crippen LogP contribution in [0.2, 0.25) is 0 Å². The fourth-order valence-electron chi connectivity index (χ4n) is 3.80. The fourth-order valence-corrected chi connectivity index (χ4v) is 6.58. The number of anilines is 1. The number of benzene rings is 1. The Morgan fingerprint density at radius 3 is 2.37 bits per heavy atom. The molecule has 0 radical (unpaired) electrons. The maximum atomic E-state index is 13.1. The molecule has 27 heavy (non-hydrogen) atoms. The van der Waals surface area contributed by atoms with Crippen LogP contribution in [-0.4, -0.2) is 43.5 Å². The second-order valence-corrected chi connectivity index (χ2v) is 11.1. The Balaban J connectivity index is 1.55. The molecule has 0 spiro atoms. The van der Waals surface area contributed by atoms with Gasteiger partial charge in [-0.1, -0.05) is 18.2 Å². The second-order valence-electron chi connectivity index (χ2n) is 8.00. The van der Waals surface area contributed by atoms with E-state index in [1.165, 1.54) is 11.3 Å². The van der Waals surface area contributed by atoms with Crippen LogP contribution < -0.4 is 4.90 Å². The lowest BCUT2D eigenvalue weighted by Crippen LogP contribution is -2.56. The number of nitrogens with zero attached hydrogens (tertiary/aromatic N) is 2. The molecular weight excluding hydrogens is 380 g/mol. The second kappa shape index (κ2) is 6.88. The highest BCUT2D eigenvalue weighted by Gasteiger charge is 2.44. The summed E-state index contributed by atoms with van der Waals surface area (Å²) in [5, 5.41) is 12.0. The highest BCUT2D eigenvalue weighted by Crippen LogP contribution is 2.40. The highest BCUT2D eigenvalue weighted by molar-refractivity contribution is 7.91. The van der Waals surface area contributed by atoms with Crippen LogP contribution in [-0.2, 0) is 15.6 Å². The van der Waals surface area contributed by atoms with Gasteiger partial charge in [0.05, 0.1) is 5.60 Å². The summed E-state index contributed by atoms with van der Waals surface area (Å²) < 4.78 is 28.3. The quantitative estimate of drug-likeness (QED) is 0.828. The zero-order chi connectivity index (χ0) is 19.2. The third-order valence-electron chi connectivity index (χ3n) is 5.53. The van der Waals surface area contributed by atoms with Gasteiger partial charge in [0.2, 0.25) is 0 Å². The molecule has 0 unspecified atom stereocenters. The van der Waals surface area contributed by atoms with Gasteiger partial charge in [0, 0.05) is 31.4 Å². The first kappa shape index (κ1) is 18.9. The van der Waals surface area contributed by atoms with Gasteiger partial charge in [-0.25, -0.2) is 8.42 Å². The SMILES string of the molecule is CC(C)(O)c1ccc(N2CCN(S(=O)(=O)c3cccs3)[C@H](C3CC3)C2)cc1. The van der Waals surface area contributed by atoms with E-state index < -0.39 is 15.6 Å². The zero-order valence-corrected chi connectivity index (χ0v) is 17.3. The first-order chi connectivity index (χ1) is 12.8. The van der Waals surface area contributed by atoms with Crippen molar-refractivity contribution in [2.24, 2.45) is 5.92 Å². The first-order valence-corrected chi connectivity index (χ1v) is 11.7. The number of aliphatic hydroxyl groups is 1. The van der Waals surface area contributed by atoms with Crippen molar-refractivity contribution in [1.29, 1.82) is 0 Å². The third kappa shape index (κ3) is 3.78. The van der Waals surface area contributed by atoms with Gasteiger partial charge in [0.1, 0.15) is 4.21 Å². The molecule has 1 saturated carbocycles. The lowest BCUT2D eigenvalue weighted by molar-refractivity contribution is 0.0786. The highest BCUT2D eigenvalue weighted by atomic mass is 32.2. The van der Waals surface area contributed by atoms with E-state index in [0.717, 1.165) is 30.6 Å². The molecule has 5 nitrogen and oxygen atoms in total. The van der Waals surface area contributed by atoms with E-state index in [1.807, 2.05) is 29.6 Å². The topological polar surface area (TPSA) is 60.9 Å². The van der Waals surface area contributed by atoms with E-state index in [0.29, 0.717) is 23.2 Å².